The lowest BCUT2D eigenvalue weighted by molar-refractivity contribution is -0.120. The molecule has 2 saturated heterocycles. The summed E-state index contributed by atoms with van der Waals surface area (Å²) in [4.78, 5) is 28.9. The summed E-state index contributed by atoms with van der Waals surface area (Å²) in [7, 11) is 0. The predicted octanol–water partition coefficient (Wildman–Crippen LogP) is 4.25. The number of halogens is 1. The smallest absolute Gasteiger partial charge is 0.259 e. The molecule has 0 bridgehead atoms. The lowest BCUT2D eigenvalue weighted by Gasteiger charge is -2.30. The van der Waals surface area contributed by atoms with Gasteiger partial charge in [-0.05, 0) is 62.8 Å². The fraction of sp³-hybridized carbons (Fsp3) is 0.370. The number of hydrogen-bond acceptors (Lipinski definition) is 7. The first kappa shape index (κ1) is 25.9. The van der Waals surface area contributed by atoms with E-state index in [0.29, 0.717) is 34.9 Å². The van der Waals surface area contributed by atoms with Gasteiger partial charge in [0.15, 0.2) is 22.7 Å². The normalized spacial score (nSPS) is 20.9. The van der Waals surface area contributed by atoms with E-state index in [-0.39, 0.29) is 41.0 Å². The van der Waals surface area contributed by atoms with Crippen LogP contribution in [0.4, 0.5) is 21.5 Å². The van der Waals surface area contributed by atoms with E-state index < -0.39 is 23.6 Å². The minimum absolute atomic E-state index is 0.0699. The number of aromatic nitrogens is 2. The molecule has 1 amide bonds. The highest BCUT2D eigenvalue weighted by atomic mass is 32.1. The summed E-state index contributed by atoms with van der Waals surface area (Å²) in [6.07, 6.45) is -1.05. The highest BCUT2D eigenvalue weighted by Gasteiger charge is 2.50. The van der Waals surface area contributed by atoms with Crippen LogP contribution < -0.4 is 14.5 Å². The van der Waals surface area contributed by atoms with Crippen LogP contribution in [0.5, 0.6) is 5.88 Å². The third-order valence-corrected chi connectivity index (χ3v) is 7.18. The fourth-order valence-corrected chi connectivity index (χ4v) is 5.23. The summed E-state index contributed by atoms with van der Waals surface area (Å²) < 4.78 is 26.9. The van der Waals surface area contributed by atoms with Crippen molar-refractivity contribution in [2.45, 2.75) is 51.9 Å². The van der Waals surface area contributed by atoms with E-state index in [1.54, 1.807) is 49.9 Å². The van der Waals surface area contributed by atoms with Crippen molar-refractivity contribution >= 4 is 51.2 Å². The molecule has 1 aromatic heterocycles. The van der Waals surface area contributed by atoms with Gasteiger partial charge in [-0.1, -0.05) is 13.0 Å². The van der Waals surface area contributed by atoms with Crippen molar-refractivity contribution in [2.24, 2.45) is 0 Å². The molecule has 196 valence electrons. The quantitative estimate of drug-likeness (QED) is 0.383. The zero-order valence-electron chi connectivity index (χ0n) is 21.4. The van der Waals surface area contributed by atoms with Gasteiger partial charge in [-0.3, -0.25) is 9.69 Å². The number of nitrogens with zero attached hydrogens (tertiary/aromatic N) is 5. The van der Waals surface area contributed by atoms with Crippen molar-refractivity contribution in [3.63, 3.8) is 0 Å². The van der Waals surface area contributed by atoms with E-state index >= 15 is 4.39 Å². The van der Waals surface area contributed by atoms with Crippen molar-refractivity contribution in [3.8, 4) is 5.88 Å². The van der Waals surface area contributed by atoms with Crippen molar-refractivity contribution in [2.75, 3.05) is 23.0 Å². The third-order valence-electron chi connectivity index (χ3n) is 6.81. The molecule has 0 aliphatic carbocycles. The first-order chi connectivity index (χ1) is 18.1. The number of carbonyl (C=O) groups excluding carboxylic acids is 1. The van der Waals surface area contributed by atoms with Gasteiger partial charge in [0.2, 0.25) is 5.88 Å². The summed E-state index contributed by atoms with van der Waals surface area (Å²) in [5, 5.41) is 10.7. The first-order valence-corrected chi connectivity index (χ1v) is 12.6. The second-order valence-electron chi connectivity index (χ2n) is 9.78. The number of aliphatic hydroxyl groups excluding tert-OH is 1. The third kappa shape index (κ3) is 4.15. The van der Waals surface area contributed by atoms with Crippen LogP contribution >= 0.6 is 12.2 Å². The maximum atomic E-state index is 15.6. The van der Waals surface area contributed by atoms with E-state index in [9.17, 15) is 9.90 Å². The van der Waals surface area contributed by atoms with Crippen LogP contribution in [0, 0.1) is 19.3 Å². The van der Waals surface area contributed by atoms with Crippen LogP contribution in [0.25, 0.3) is 15.7 Å². The van der Waals surface area contributed by atoms with E-state index in [0.717, 1.165) is 0 Å². The average Bonchev–Trinajstić information content (AvgIpc) is 3.35. The minimum Gasteiger partial charge on any atom is -0.468 e. The molecule has 0 spiro atoms. The van der Waals surface area contributed by atoms with Gasteiger partial charge in [0.05, 0.1) is 25.2 Å². The molecule has 1 unspecified atom stereocenters. The van der Waals surface area contributed by atoms with Crippen molar-refractivity contribution < 1.29 is 23.8 Å². The Kier molecular flexibility index (Phi) is 6.51. The maximum Gasteiger partial charge on any atom is 0.259 e. The Morgan fingerprint density at radius 2 is 2.03 bits per heavy atom. The van der Waals surface area contributed by atoms with E-state index in [2.05, 4.69) is 14.8 Å². The number of aliphatic hydroxyl groups is 1. The van der Waals surface area contributed by atoms with Gasteiger partial charge in [0.25, 0.3) is 5.91 Å². The van der Waals surface area contributed by atoms with Crippen LogP contribution in [-0.2, 0) is 16.0 Å². The number of amides is 1. The van der Waals surface area contributed by atoms with Crippen LogP contribution in [-0.4, -0.2) is 57.1 Å². The molecule has 9 nitrogen and oxygen atoms in total. The van der Waals surface area contributed by atoms with Gasteiger partial charge in [0, 0.05) is 17.8 Å². The second-order valence-corrected chi connectivity index (χ2v) is 10.1. The van der Waals surface area contributed by atoms with Crippen molar-refractivity contribution in [1.29, 1.82) is 0 Å². The van der Waals surface area contributed by atoms with E-state index in [1.165, 1.54) is 11.0 Å². The number of aryl methyl sites for hydroxylation is 2. The molecule has 38 heavy (non-hydrogen) atoms. The molecule has 0 radical (unpaired) electrons. The summed E-state index contributed by atoms with van der Waals surface area (Å²) in [6.45, 7) is 14.7. The van der Waals surface area contributed by atoms with Gasteiger partial charge in [0.1, 0.15) is 23.0 Å². The zero-order chi connectivity index (χ0) is 27.4. The first-order valence-electron chi connectivity index (χ1n) is 12.2. The van der Waals surface area contributed by atoms with E-state index in [4.69, 9.17) is 28.3 Å². The lowest BCUT2D eigenvalue weighted by Crippen LogP contribution is -2.44. The van der Waals surface area contributed by atoms with Crippen molar-refractivity contribution in [3.05, 3.63) is 59.0 Å². The number of carbonyl (C=O) groups is 1. The van der Waals surface area contributed by atoms with Gasteiger partial charge in [-0.2, -0.15) is 4.98 Å². The average molecular weight is 536 g/mol. The standard InChI is InChI=1S/C27H26FN5O4S/c1-6-22-30-23-17(24(31-22)37-21-13-36-12-20(21)34)10-16(11-18(23)28)33-26(38)32(25(35)27(33,3)4)15-7-8-19(29-5)14(2)9-15/h7-11,20-21,34H,6,12-13H2,1-4H3/t20-,21?/m0/s1. The Labute approximate surface area is 224 Å². The largest absolute Gasteiger partial charge is 0.468 e. The summed E-state index contributed by atoms with van der Waals surface area (Å²) in [5.41, 5.74) is 0.971. The SMILES string of the molecule is [C-]#[N+]c1ccc(N2C(=O)C(C)(C)N(c3cc(F)c4nc(CC)nc(OC5COC[C@@H]5O)c4c3)C2=S)cc1C. The Morgan fingerprint density at radius 3 is 2.66 bits per heavy atom. The molecule has 5 rings (SSSR count). The summed E-state index contributed by atoms with van der Waals surface area (Å²) in [6, 6.07) is 8.00. The number of hydrogen-bond donors (Lipinski definition) is 1. The molecule has 2 fully saturated rings. The van der Waals surface area contributed by atoms with Crippen LogP contribution in [0.3, 0.4) is 0 Å². The summed E-state index contributed by atoms with van der Waals surface area (Å²) in [5.74, 6) is -0.398. The Balaban J connectivity index is 1.62. The minimum atomic E-state index is -1.15. The Morgan fingerprint density at radius 1 is 1.26 bits per heavy atom. The molecular formula is C27H26FN5O4S. The molecule has 2 aliphatic rings. The number of rotatable bonds is 5. The predicted molar refractivity (Wildman–Crippen MR) is 144 cm³/mol. The van der Waals surface area contributed by atoms with E-state index in [1.807, 2.05) is 6.92 Å². The van der Waals surface area contributed by atoms with Gasteiger partial charge >= 0.3 is 0 Å². The molecule has 2 atom stereocenters. The lowest BCUT2D eigenvalue weighted by atomic mass is 10.0. The molecular weight excluding hydrogens is 509 g/mol. The number of benzene rings is 2. The Bertz CT molecular complexity index is 1520. The fourth-order valence-electron chi connectivity index (χ4n) is 4.71. The monoisotopic (exact) mass is 535 g/mol. The second kappa shape index (κ2) is 9.54. The zero-order valence-corrected chi connectivity index (χ0v) is 22.2. The highest BCUT2D eigenvalue weighted by molar-refractivity contribution is 7.81. The molecule has 2 aliphatic heterocycles. The number of anilines is 2. The highest BCUT2D eigenvalue weighted by Crippen LogP contribution is 2.40. The molecule has 0 saturated carbocycles. The molecule has 3 aromatic rings. The number of ether oxygens (including phenoxy) is 2. The van der Waals surface area contributed by atoms with Crippen molar-refractivity contribution in [1.82, 2.24) is 9.97 Å². The molecule has 3 heterocycles. The number of thiocarbonyl (C=S) groups is 1. The van der Waals surface area contributed by atoms with Gasteiger partial charge in [-0.15, -0.1) is 0 Å². The molecule has 11 heteroatoms. The van der Waals surface area contributed by atoms with Gasteiger partial charge < -0.3 is 19.5 Å². The van der Waals surface area contributed by atoms with Gasteiger partial charge in [-0.25, -0.2) is 14.2 Å². The van der Waals surface area contributed by atoms with Crippen LogP contribution in [0.15, 0.2) is 30.3 Å². The maximum absolute atomic E-state index is 15.6. The number of fused-ring (bicyclic) bond motifs is 1. The topological polar surface area (TPSA) is 92.4 Å². The van der Waals surface area contributed by atoms with Crippen LogP contribution in [0.2, 0.25) is 0 Å². The summed E-state index contributed by atoms with van der Waals surface area (Å²) >= 11 is 5.76. The Hall–Kier alpha value is -3.72. The molecule has 1 N–H and O–H groups in total. The molecule has 2 aromatic carbocycles. The van der Waals surface area contributed by atoms with Crippen LogP contribution in [0.1, 0.15) is 32.2 Å².